The van der Waals surface area contributed by atoms with Crippen molar-refractivity contribution in [2.24, 2.45) is 0 Å². The molecule has 0 spiro atoms. The summed E-state index contributed by atoms with van der Waals surface area (Å²) in [6.45, 7) is 1.84. The summed E-state index contributed by atoms with van der Waals surface area (Å²) < 4.78 is 1.94. The molecule has 5 heteroatoms. The lowest BCUT2D eigenvalue weighted by Gasteiger charge is -2.37. The van der Waals surface area contributed by atoms with Gasteiger partial charge in [0.05, 0.1) is 11.0 Å². The zero-order chi connectivity index (χ0) is 19.5. The van der Waals surface area contributed by atoms with Gasteiger partial charge in [-0.25, -0.2) is 4.79 Å². The molecule has 1 atom stereocenters. The van der Waals surface area contributed by atoms with Crippen LogP contribution in [0.3, 0.4) is 0 Å². The second kappa shape index (κ2) is 6.22. The van der Waals surface area contributed by atoms with Crippen LogP contribution in [0.15, 0.2) is 59.4 Å². The minimum absolute atomic E-state index is 0.0136. The van der Waals surface area contributed by atoms with Crippen LogP contribution < -0.4 is 5.69 Å². The fourth-order valence-corrected chi connectivity index (χ4v) is 5.50. The summed E-state index contributed by atoms with van der Waals surface area (Å²) in [4.78, 5) is 18.0. The lowest BCUT2D eigenvalue weighted by atomic mass is 9.98. The first-order valence-corrected chi connectivity index (χ1v) is 10.4. The number of aromatic hydroxyl groups is 1. The van der Waals surface area contributed by atoms with Crippen LogP contribution in [0, 0.1) is 0 Å². The van der Waals surface area contributed by atoms with Gasteiger partial charge in [-0.2, -0.15) is 0 Å². The van der Waals surface area contributed by atoms with Crippen molar-refractivity contribution in [1.82, 2.24) is 14.5 Å². The normalized spacial score (nSPS) is 20.1. The number of piperidine rings is 1. The molecule has 0 saturated carbocycles. The third-order valence-electron chi connectivity index (χ3n) is 6.82. The maximum absolute atomic E-state index is 12.6. The molecule has 29 heavy (non-hydrogen) atoms. The Hall–Kier alpha value is -3.05. The zero-order valence-corrected chi connectivity index (χ0v) is 16.1. The summed E-state index contributed by atoms with van der Waals surface area (Å²) >= 11 is 0. The Labute approximate surface area is 168 Å². The van der Waals surface area contributed by atoms with E-state index in [4.69, 9.17) is 0 Å². The number of imidazole rings is 1. The van der Waals surface area contributed by atoms with Crippen molar-refractivity contribution in [2.75, 3.05) is 13.1 Å². The van der Waals surface area contributed by atoms with E-state index in [0.717, 1.165) is 48.9 Å². The molecule has 1 unspecified atom stereocenters. The molecule has 1 fully saturated rings. The van der Waals surface area contributed by atoms with Crippen molar-refractivity contribution in [3.63, 3.8) is 0 Å². The molecule has 1 aliphatic carbocycles. The number of hydrogen-bond acceptors (Lipinski definition) is 3. The van der Waals surface area contributed by atoms with E-state index in [-0.39, 0.29) is 17.8 Å². The number of likely N-dealkylation sites (tertiary alicyclic amines) is 1. The molecule has 0 radical (unpaired) electrons. The molecule has 2 heterocycles. The largest absolute Gasteiger partial charge is 0.508 e. The van der Waals surface area contributed by atoms with E-state index in [1.807, 2.05) is 41.0 Å². The first-order chi connectivity index (χ1) is 14.2. The molecule has 3 aromatic carbocycles. The van der Waals surface area contributed by atoms with Gasteiger partial charge < -0.3 is 10.1 Å². The van der Waals surface area contributed by atoms with Crippen LogP contribution in [0.25, 0.3) is 21.8 Å². The van der Waals surface area contributed by atoms with Gasteiger partial charge >= 0.3 is 5.69 Å². The highest BCUT2D eigenvalue weighted by atomic mass is 16.3. The number of benzene rings is 3. The number of aromatic nitrogens is 2. The first-order valence-electron chi connectivity index (χ1n) is 10.4. The fourth-order valence-electron chi connectivity index (χ4n) is 5.50. The van der Waals surface area contributed by atoms with Crippen LogP contribution in [0.4, 0.5) is 0 Å². The van der Waals surface area contributed by atoms with Gasteiger partial charge in [0.2, 0.25) is 0 Å². The summed E-state index contributed by atoms with van der Waals surface area (Å²) in [5.41, 5.74) is 4.30. The van der Waals surface area contributed by atoms with Crippen molar-refractivity contribution < 1.29 is 5.11 Å². The molecule has 4 aromatic rings. The van der Waals surface area contributed by atoms with E-state index in [9.17, 15) is 9.90 Å². The van der Waals surface area contributed by atoms with E-state index >= 15 is 0 Å². The number of fused-ring (bicyclic) bond motifs is 1. The third kappa shape index (κ3) is 2.47. The number of nitrogens with zero attached hydrogens (tertiary/aromatic N) is 2. The minimum atomic E-state index is -0.0136. The van der Waals surface area contributed by atoms with Gasteiger partial charge in [0, 0.05) is 30.7 Å². The van der Waals surface area contributed by atoms with Crippen LogP contribution in [-0.2, 0) is 6.42 Å². The lowest BCUT2D eigenvalue weighted by Crippen LogP contribution is -2.39. The van der Waals surface area contributed by atoms with Crippen LogP contribution >= 0.6 is 0 Å². The summed E-state index contributed by atoms with van der Waals surface area (Å²) in [5.74, 6) is 0.405. The lowest BCUT2D eigenvalue weighted by molar-refractivity contribution is 0.136. The van der Waals surface area contributed by atoms with E-state index < -0.39 is 0 Å². The average Bonchev–Trinajstić information content (AvgIpc) is 3.30. The van der Waals surface area contributed by atoms with Crippen LogP contribution in [0.5, 0.6) is 5.75 Å². The van der Waals surface area contributed by atoms with Gasteiger partial charge in [0.15, 0.2) is 0 Å². The maximum Gasteiger partial charge on any atom is 0.326 e. The Morgan fingerprint density at radius 1 is 0.966 bits per heavy atom. The number of aromatic amines is 1. The Morgan fingerprint density at radius 2 is 1.79 bits per heavy atom. The molecule has 146 valence electrons. The minimum Gasteiger partial charge on any atom is -0.508 e. The van der Waals surface area contributed by atoms with Crippen LogP contribution in [0.1, 0.15) is 36.1 Å². The molecule has 2 N–H and O–H groups in total. The van der Waals surface area contributed by atoms with Gasteiger partial charge in [-0.15, -0.1) is 0 Å². The molecule has 0 bridgehead atoms. The number of H-pyrrole nitrogens is 1. The molecular formula is C24H23N3O2. The number of phenols is 1. The average molecular weight is 385 g/mol. The molecule has 1 aromatic heterocycles. The number of phenolic OH excluding ortho intramolecular Hbond substituents is 1. The number of rotatable bonds is 2. The smallest absolute Gasteiger partial charge is 0.326 e. The summed E-state index contributed by atoms with van der Waals surface area (Å²) in [7, 11) is 0. The molecule has 1 saturated heterocycles. The van der Waals surface area contributed by atoms with Gasteiger partial charge in [-0.05, 0) is 53.8 Å². The molecule has 6 rings (SSSR count). The maximum atomic E-state index is 12.6. The van der Waals surface area contributed by atoms with Crippen molar-refractivity contribution in [1.29, 1.82) is 0 Å². The topological polar surface area (TPSA) is 61.3 Å². The molecule has 2 aliphatic rings. The number of nitrogens with one attached hydrogen (secondary N) is 1. The van der Waals surface area contributed by atoms with Crippen molar-refractivity contribution in [3.05, 3.63) is 76.2 Å². The quantitative estimate of drug-likeness (QED) is 0.546. The highest BCUT2D eigenvalue weighted by Crippen LogP contribution is 2.45. The molecule has 1 aliphatic heterocycles. The van der Waals surface area contributed by atoms with Crippen molar-refractivity contribution >= 4 is 21.8 Å². The summed E-state index contributed by atoms with van der Waals surface area (Å²) in [5, 5.41) is 13.1. The Balaban J connectivity index is 1.29. The second-order valence-corrected chi connectivity index (χ2v) is 8.32. The Kier molecular flexibility index (Phi) is 3.62. The monoisotopic (exact) mass is 385 g/mol. The summed E-state index contributed by atoms with van der Waals surface area (Å²) in [6, 6.07) is 18.6. The molecular weight excluding hydrogens is 362 g/mol. The molecule has 5 nitrogen and oxygen atoms in total. The predicted octanol–water partition coefficient (Wildman–Crippen LogP) is 4.12. The van der Waals surface area contributed by atoms with Gasteiger partial charge in [0.1, 0.15) is 5.75 Å². The van der Waals surface area contributed by atoms with E-state index in [0.29, 0.717) is 5.75 Å². The van der Waals surface area contributed by atoms with Crippen molar-refractivity contribution in [3.8, 4) is 5.75 Å². The predicted molar refractivity (Wildman–Crippen MR) is 114 cm³/mol. The highest BCUT2D eigenvalue weighted by Gasteiger charge is 2.34. The standard InChI is InChI=1S/C24H23N3O2/c28-21-9-8-15-4-3-5-16-14-20(23(21)22(15)16)26-12-10-17(11-13-26)27-19-7-2-1-6-18(19)25-24(27)29/h1-9,17,20,28H,10-14H2,(H,25,29). The Bertz CT molecular complexity index is 1290. The van der Waals surface area contributed by atoms with E-state index in [1.165, 1.54) is 16.3 Å². The fraction of sp³-hybridized carbons (Fsp3) is 0.292. The van der Waals surface area contributed by atoms with Crippen LogP contribution in [-0.4, -0.2) is 32.6 Å². The second-order valence-electron chi connectivity index (χ2n) is 8.32. The zero-order valence-electron chi connectivity index (χ0n) is 16.1. The molecule has 0 amide bonds. The van der Waals surface area contributed by atoms with E-state index in [2.05, 4.69) is 28.1 Å². The Morgan fingerprint density at radius 3 is 2.66 bits per heavy atom. The van der Waals surface area contributed by atoms with Crippen LogP contribution in [0.2, 0.25) is 0 Å². The van der Waals surface area contributed by atoms with Gasteiger partial charge in [0.25, 0.3) is 0 Å². The number of para-hydroxylation sites is 2. The number of hydrogen-bond donors (Lipinski definition) is 2. The first kappa shape index (κ1) is 16.9. The third-order valence-corrected chi connectivity index (χ3v) is 6.82. The highest BCUT2D eigenvalue weighted by molar-refractivity contribution is 5.93. The van der Waals surface area contributed by atoms with Gasteiger partial charge in [-0.3, -0.25) is 9.47 Å². The van der Waals surface area contributed by atoms with Gasteiger partial charge in [-0.1, -0.05) is 36.4 Å². The van der Waals surface area contributed by atoms with Crippen molar-refractivity contribution in [2.45, 2.75) is 31.3 Å². The SMILES string of the molecule is O=c1[nH]c2ccccc2n1C1CCN(C2Cc3cccc4ccc(O)c2c34)CC1. The summed E-state index contributed by atoms with van der Waals surface area (Å²) in [6.07, 6.45) is 2.82. The van der Waals surface area contributed by atoms with E-state index in [1.54, 1.807) is 0 Å².